The number of carbonyl (C=O) groups is 2. The summed E-state index contributed by atoms with van der Waals surface area (Å²) in [4.78, 5) is 40.7. The summed E-state index contributed by atoms with van der Waals surface area (Å²) in [6.45, 7) is 1.85. The SMILES string of the molecule is CCOC(=O)C1=c2sc(=Cc3cccs3)c(=O)n2C(N)=C(C(=O)OC)C1c1cccs1. The third-order valence-electron chi connectivity index (χ3n) is 4.69. The van der Waals surface area contributed by atoms with Crippen LogP contribution in [0.25, 0.3) is 17.5 Å². The van der Waals surface area contributed by atoms with Crippen molar-refractivity contribution in [3.05, 3.63) is 69.9 Å². The molecule has 0 saturated heterocycles. The van der Waals surface area contributed by atoms with E-state index in [4.69, 9.17) is 15.2 Å². The monoisotopic (exact) mass is 474 g/mol. The summed E-state index contributed by atoms with van der Waals surface area (Å²) in [5.74, 6) is -2.14. The molecule has 0 amide bonds. The second kappa shape index (κ2) is 8.66. The van der Waals surface area contributed by atoms with Gasteiger partial charge in [-0.2, -0.15) is 0 Å². The van der Waals surface area contributed by atoms with Gasteiger partial charge < -0.3 is 15.2 Å². The van der Waals surface area contributed by atoms with Crippen molar-refractivity contribution in [3.8, 4) is 0 Å². The molecule has 4 rings (SSSR count). The van der Waals surface area contributed by atoms with E-state index < -0.39 is 23.4 Å². The fourth-order valence-electron chi connectivity index (χ4n) is 3.41. The number of nitrogens with zero attached hydrogens (tertiary/aromatic N) is 1. The van der Waals surface area contributed by atoms with Crippen molar-refractivity contribution in [1.82, 2.24) is 4.57 Å². The number of thiophene rings is 2. The maximum atomic E-state index is 13.2. The van der Waals surface area contributed by atoms with Crippen molar-refractivity contribution >= 4 is 63.4 Å². The average Bonchev–Trinajstić information content (AvgIpc) is 3.50. The Balaban J connectivity index is 2.13. The quantitative estimate of drug-likeness (QED) is 0.565. The van der Waals surface area contributed by atoms with Gasteiger partial charge in [-0.05, 0) is 35.9 Å². The third-order valence-corrected chi connectivity index (χ3v) is 7.56. The third kappa shape index (κ3) is 3.67. The standard InChI is InChI=1S/C21H18N2O5S3/c1-3-28-21(26)16-14(12-7-5-9-30-12)15(20(25)27-2)17(22)23-18(24)13(31-19(16)23)10-11-6-4-8-29-11/h4-10,14H,3,22H2,1-2H3. The maximum Gasteiger partial charge on any atom is 0.338 e. The smallest absolute Gasteiger partial charge is 0.338 e. The molecule has 7 nitrogen and oxygen atoms in total. The van der Waals surface area contributed by atoms with Gasteiger partial charge in [-0.1, -0.05) is 12.1 Å². The molecule has 160 valence electrons. The highest BCUT2D eigenvalue weighted by Crippen LogP contribution is 2.39. The van der Waals surface area contributed by atoms with E-state index in [1.807, 2.05) is 35.0 Å². The lowest BCUT2D eigenvalue weighted by Crippen LogP contribution is -2.41. The molecule has 2 N–H and O–H groups in total. The van der Waals surface area contributed by atoms with Gasteiger partial charge in [-0.15, -0.1) is 34.0 Å². The zero-order valence-corrected chi connectivity index (χ0v) is 19.1. The number of aromatic nitrogens is 1. The maximum absolute atomic E-state index is 13.2. The first-order valence-electron chi connectivity index (χ1n) is 9.28. The molecule has 3 aromatic rings. The van der Waals surface area contributed by atoms with Crippen LogP contribution in [0, 0.1) is 0 Å². The molecule has 1 aliphatic heterocycles. The number of hydrogen-bond donors (Lipinski definition) is 1. The first-order chi connectivity index (χ1) is 15.0. The van der Waals surface area contributed by atoms with Gasteiger partial charge in [-0.3, -0.25) is 9.36 Å². The number of carbonyl (C=O) groups excluding carboxylic acids is 2. The number of rotatable bonds is 5. The van der Waals surface area contributed by atoms with Crippen molar-refractivity contribution in [1.29, 1.82) is 0 Å². The Labute approximate surface area is 189 Å². The van der Waals surface area contributed by atoms with E-state index in [9.17, 15) is 14.4 Å². The Morgan fingerprint density at radius 2 is 1.90 bits per heavy atom. The molecule has 0 radical (unpaired) electrons. The van der Waals surface area contributed by atoms with E-state index >= 15 is 0 Å². The molecular weight excluding hydrogens is 456 g/mol. The van der Waals surface area contributed by atoms with E-state index in [-0.39, 0.29) is 23.6 Å². The summed E-state index contributed by atoms with van der Waals surface area (Å²) in [7, 11) is 1.24. The van der Waals surface area contributed by atoms with Gasteiger partial charge in [0.1, 0.15) is 10.5 Å². The number of nitrogens with two attached hydrogens (primary N) is 1. The van der Waals surface area contributed by atoms with Crippen LogP contribution >= 0.6 is 34.0 Å². The van der Waals surface area contributed by atoms with Crippen LogP contribution in [0.4, 0.5) is 0 Å². The Bertz CT molecular complexity index is 1340. The Kier molecular flexibility index (Phi) is 5.94. The molecule has 1 aliphatic rings. The topological polar surface area (TPSA) is 101 Å². The van der Waals surface area contributed by atoms with Crippen molar-refractivity contribution in [3.63, 3.8) is 0 Å². The molecule has 31 heavy (non-hydrogen) atoms. The van der Waals surface area contributed by atoms with Gasteiger partial charge in [0.2, 0.25) is 0 Å². The fourth-order valence-corrected chi connectivity index (χ4v) is 6.14. The van der Waals surface area contributed by atoms with Crippen molar-refractivity contribution < 1.29 is 19.1 Å². The number of hydrogen-bond acceptors (Lipinski definition) is 9. The summed E-state index contributed by atoms with van der Waals surface area (Å²) in [6.07, 6.45) is 1.75. The molecule has 0 bridgehead atoms. The minimum atomic E-state index is -0.792. The van der Waals surface area contributed by atoms with E-state index in [0.29, 0.717) is 9.20 Å². The number of ether oxygens (including phenoxy) is 2. The summed E-state index contributed by atoms with van der Waals surface area (Å²) in [5, 5.41) is 3.75. The predicted molar refractivity (Wildman–Crippen MR) is 122 cm³/mol. The zero-order valence-electron chi connectivity index (χ0n) is 16.6. The van der Waals surface area contributed by atoms with Crippen molar-refractivity contribution in [2.24, 2.45) is 5.73 Å². The Morgan fingerprint density at radius 3 is 2.52 bits per heavy atom. The van der Waals surface area contributed by atoms with Crippen LogP contribution in [0.3, 0.4) is 0 Å². The minimum Gasteiger partial charge on any atom is -0.466 e. The molecule has 1 atom stereocenters. The minimum absolute atomic E-state index is 0.0413. The van der Waals surface area contributed by atoms with E-state index in [1.54, 1.807) is 13.0 Å². The van der Waals surface area contributed by atoms with Crippen LogP contribution in [0.5, 0.6) is 0 Å². The fraction of sp³-hybridized carbons (Fsp3) is 0.190. The van der Waals surface area contributed by atoms with Crippen LogP contribution in [-0.4, -0.2) is 30.2 Å². The molecule has 1 unspecified atom stereocenters. The highest BCUT2D eigenvalue weighted by atomic mass is 32.1. The molecule has 4 heterocycles. The highest BCUT2D eigenvalue weighted by Gasteiger charge is 2.40. The lowest BCUT2D eigenvalue weighted by atomic mass is 9.88. The molecule has 10 heteroatoms. The average molecular weight is 475 g/mol. The molecule has 0 fully saturated rings. The van der Waals surface area contributed by atoms with Gasteiger partial charge in [0.25, 0.3) is 5.56 Å². The first kappa shape index (κ1) is 21.3. The number of esters is 2. The second-order valence-electron chi connectivity index (χ2n) is 6.44. The van der Waals surface area contributed by atoms with Gasteiger partial charge >= 0.3 is 11.9 Å². The summed E-state index contributed by atoms with van der Waals surface area (Å²) in [6, 6.07) is 7.40. The summed E-state index contributed by atoms with van der Waals surface area (Å²) in [5.41, 5.74) is 6.21. The number of thiazole rings is 1. The zero-order chi connectivity index (χ0) is 22.1. The van der Waals surface area contributed by atoms with E-state index in [2.05, 4.69) is 0 Å². The van der Waals surface area contributed by atoms with Gasteiger partial charge in [-0.25, -0.2) is 9.59 Å². The van der Waals surface area contributed by atoms with Crippen LogP contribution in [0.2, 0.25) is 0 Å². The summed E-state index contributed by atoms with van der Waals surface area (Å²) < 4.78 is 12.3. The Hall–Kier alpha value is -2.95. The van der Waals surface area contributed by atoms with E-state index in [0.717, 1.165) is 21.1 Å². The molecule has 0 aromatic carbocycles. The molecule has 3 aromatic heterocycles. The normalized spacial score (nSPS) is 16.4. The lowest BCUT2D eigenvalue weighted by Gasteiger charge is -2.25. The second-order valence-corrected chi connectivity index (χ2v) is 9.43. The Morgan fingerprint density at radius 1 is 1.16 bits per heavy atom. The van der Waals surface area contributed by atoms with Gasteiger partial charge in [0.05, 0.1) is 35.3 Å². The number of fused-ring (bicyclic) bond motifs is 1. The predicted octanol–water partition coefficient (Wildman–Crippen LogP) is 1.67. The molecule has 0 saturated carbocycles. The highest BCUT2D eigenvalue weighted by molar-refractivity contribution is 7.11. The largest absolute Gasteiger partial charge is 0.466 e. The molecular formula is C21H18N2O5S3. The lowest BCUT2D eigenvalue weighted by molar-refractivity contribution is -0.136. The number of methoxy groups -OCH3 is 1. The first-order valence-corrected chi connectivity index (χ1v) is 11.9. The van der Waals surface area contributed by atoms with Gasteiger partial charge in [0, 0.05) is 9.75 Å². The van der Waals surface area contributed by atoms with Crippen LogP contribution in [0.1, 0.15) is 22.6 Å². The van der Waals surface area contributed by atoms with E-state index in [1.165, 1.54) is 34.4 Å². The molecule has 0 aliphatic carbocycles. The van der Waals surface area contributed by atoms with Crippen LogP contribution < -0.4 is 20.5 Å². The van der Waals surface area contributed by atoms with Crippen molar-refractivity contribution in [2.45, 2.75) is 12.8 Å². The van der Waals surface area contributed by atoms with Gasteiger partial charge in [0.15, 0.2) is 0 Å². The van der Waals surface area contributed by atoms with Crippen LogP contribution in [-0.2, 0) is 19.1 Å². The van der Waals surface area contributed by atoms with Crippen molar-refractivity contribution in [2.75, 3.05) is 13.7 Å². The molecule has 0 spiro atoms. The summed E-state index contributed by atoms with van der Waals surface area (Å²) >= 11 is 4.01. The van der Waals surface area contributed by atoms with Crippen LogP contribution in [0.15, 0.2) is 45.4 Å².